The Balaban J connectivity index is 2.04. The third-order valence-corrected chi connectivity index (χ3v) is 4.01. The summed E-state index contributed by atoms with van der Waals surface area (Å²) < 4.78 is 0. The van der Waals surface area contributed by atoms with Gasteiger partial charge in [0.2, 0.25) is 5.91 Å². The van der Waals surface area contributed by atoms with Crippen LogP contribution in [0.25, 0.3) is 0 Å². The van der Waals surface area contributed by atoms with Crippen LogP contribution in [0.3, 0.4) is 0 Å². The lowest BCUT2D eigenvalue weighted by molar-refractivity contribution is -0.122. The first-order chi connectivity index (χ1) is 7.72. The van der Waals surface area contributed by atoms with Crippen LogP contribution < -0.4 is 11.1 Å². The van der Waals surface area contributed by atoms with Crippen molar-refractivity contribution in [2.24, 2.45) is 5.73 Å². The van der Waals surface area contributed by atoms with Crippen molar-refractivity contribution in [2.45, 2.75) is 37.1 Å². The Morgan fingerprint density at radius 1 is 1.25 bits per heavy atom. The lowest BCUT2D eigenvalue weighted by atomic mass is 9.69. The predicted octanol–water partition coefficient (Wildman–Crippen LogP) is 1.78. The van der Waals surface area contributed by atoms with Crippen molar-refractivity contribution in [3.05, 3.63) is 29.8 Å². The number of carbonyl (C=O) groups excluding carboxylic acids is 1. The van der Waals surface area contributed by atoms with Gasteiger partial charge in [0.1, 0.15) is 0 Å². The Kier molecular flexibility index (Phi) is 2.04. The summed E-state index contributed by atoms with van der Waals surface area (Å²) in [4.78, 5) is 12.2. The van der Waals surface area contributed by atoms with Gasteiger partial charge in [-0.25, -0.2) is 0 Å². The Morgan fingerprint density at radius 2 is 1.94 bits per heavy atom. The molecule has 1 aliphatic heterocycles. The minimum Gasteiger partial charge on any atom is -0.328 e. The van der Waals surface area contributed by atoms with Crippen LogP contribution in [-0.2, 0) is 10.2 Å². The maximum atomic E-state index is 12.2. The number of hydrogen-bond donors (Lipinski definition) is 2. The molecule has 1 aromatic carbocycles. The molecule has 1 spiro atoms. The van der Waals surface area contributed by atoms with Crippen molar-refractivity contribution < 1.29 is 4.79 Å². The molecule has 1 heterocycles. The van der Waals surface area contributed by atoms with Crippen LogP contribution in [0.15, 0.2) is 24.3 Å². The zero-order valence-corrected chi connectivity index (χ0v) is 9.20. The number of anilines is 1. The maximum absolute atomic E-state index is 12.2. The van der Waals surface area contributed by atoms with Gasteiger partial charge in [-0.1, -0.05) is 18.2 Å². The molecule has 16 heavy (non-hydrogen) atoms. The Hall–Kier alpha value is -1.35. The zero-order chi connectivity index (χ0) is 11.2. The Bertz CT molecular complexity index is 433. The van der Waals surface area contributed by atoms with Gasteiger partial charge in [0.25, 0.3) is 0 Å². The van der Waals surface area contributed by atoms with Crippen LogP contribution in [0.5, 0.6) is 0 Å². The van der Waals surface area contributed by atoms with E-state index >= 15 is 0 Å². The molecule has 0 bridgehead atoms. The second kappa shape index (κ2) is 3.32. The van der Waals surface area contributed by atoms with E-state index in [1.54, 1.807) is 0 Å². The second-order valence-electron chi connectivity index (χ2n) is 4.92. The summed E-state index contributed by atoms with van der Waals surface area (Å²) in [7, 11) is 0. The van der Waals surface area contributed by atoms with Gasteiger partial charge >= 0.3 is 0 Å². The van der Waals surface area contributed by atoms with Gasteiger partial charge < -0.3 is 11.1 Å². The van der Waals surface area contributed by atoms with Crippen molar-refractivity contribution in [2.75, 3.05) is 5.32 Å². The Morgan fingerprint density at radius 3 is 2.69 bits per heavy atom. The van der Waals surface area contributed by atoms with Crippen LogP contribution in [0.2, 0.25) is 0 Å². The van der Waals surface area contributed by atoms with Crippen molar-refractivity contribution in [1.82, 2.24) is 0 Å². The number of para-hydroxylation sites is 1. The molecule has 3 nitrogen and oxygen atoms in total. The number of benzene rings is 1. The fraction of sp³-hybridized carbons (Fsp3) is 0.462. The minimum absolute atomic E-state index is 0.167. The van der Waals surface area contributed by atoms with E-state index < -0.39 is 0 Å². The van der Waals surface area contributed by atoms with E-state index in [0.717, 1.165) is 31.4 Å². The lowest BCUT2D eigenvalue weighted by Crippen LogP contribution is -2.41. The summed E-state index contributed by atoms with van der Waals surface area (Å²) in [5.41, 5.74) is 7.80. The third-order valence-electron chi connectivity index (χ3n) is 4.01. The molecule has 1 aromatic rings. The summed E-state index contributed by atoms with van der Waals surface area (Å²) in [6.45, 7) is 0. The van der Waals surface area contributed by atoms with Crippen molar-refractivity contribution >= 4 is 11.6 Å². The summed E-state index contributed by atoms with van der Waals surface area (Å²) >= 11 is 0. The molecule has 0 saturated heterocycles. The molecule has 0 radical (unpaired) electrons. The van der Waals surface area contributed by atoms with E-state index in [1.807, 2.05) is 18.2 Å². The molecule has 0 unspecified atom stereocenters. The average Bonchev–Trinajstić information content (AvgIpc) is 2.57. The fourth-order valence-corrected chi connectivity index (χ4v) is 3.00. The number of nitrogens with two attached hydrogens (primary N) is 1. The minimum atomic E-state index is -0.285. The molecule has 2 aliphatic rings. The van der Waals surface area contributed by atoms with Gasteiger partial charge in [-0.05, 0) is 37.3 Å². The van der Waals surface area contributed by atoms with E-state index in [2.05, 4.69) is 11.4 Å². The number of fused-ring (bicyclic) bond motifs is 2. The number of amides is 1. The normalized spacial score (nSPS) is 32.6. The quantitative estimate of drug-likeness (QED) is 0.694. The second-order valence-corrected chi connectivity index (χ2v) is 4.92. The molecule has 1 aliphatic carbocycles. The largest absolute Gasteiger partial charge is 0.328 e. The van der Waals surface area contributed by atoms with Crippen LogP contribution >= 0.6 is 0 Å². The topological polar surface area (TPSA) is 55.1 Å². The van der Waals surface area contributed by atoms with Gasteiger partial charge in [-0.3, -0.25) is 4.79 Å². The van der Waals surface area contributed by atoms with Crippen molar-refractivity contribution in [3.63, 3.8) is 0 Å². The molecule has 3 heteroatoms. The van der Waals surface area contributed by atoms with Crippen LogP contribution in [0.1, 0.15) is 31.2 Å². The maximum Gasteiger partial charge on any atom is 0.235 e. The molecule has 3 N–H and O–H groups in total. The Labute approximate surface area is 95.0 Å². The molecule has 3 rings (SSSR count). The first kappa shape index (κ1) is 9.85. The van der Waals surface area contributed by atoms with E-state index in [-0.39, 0.29) is 17.4 Å². The van der Waals surface area contributed by atoms with Crippen molar-refractivity contribution in [3.8, 4) is 0 Å². The highest BCUT2D eigenvalue weighted by Gasteiger charge is 2.47. The predicted molar refractivity (Wildman–Crippen MR) is 63.2 cm³/mol. The number of rotatable bonds is 0. The third kappa shape index (κ3) is 1.21. The molecule has 1 fully saturated rings. The summed E-state index contributed by atoms with van der Waals surface area (Å²) in [6.07, 6.45) is 3.66. The highest BCUT2D eigenvalue weighted by Crippen LogP contribution is 2.46. The average molecular weight is 216 g/mol. The molecule has 0 atom stereocenters. The van der Waals surface area contributed by atoms with Crippen LogP contribution in [0.4, 0.5) is 5.69 Å². The van der Waals surface area contributed by atoms with E-state index in [9.17, 15) is 4.79 Å². The van der Waals surface area contributed by atoms with E-state index in [0.29, 0.717) is 0 Å². The van der Waals surface area contributed by atoms with Gasteiger partial charge in [0.15, 0.2) is 0 Å². The smallest absolute Gasteiger partial charge is 0.235 e. The summed E-state index contributed by atoms with van der Waals surface area (Å²) in [5, 5.41) is 2.99. The number of nitrogens with one attached hydrogen (secondary N) is 1. The van der Waals surface area contributed by atoms with Gasteiger partial charge in [0, 0.05) is 11.7 Å². The van der Waals surface area contributed by atoms with Crippen LogP contribution in [0, 0.1) is 0 Å². The molecular formula is C13H16N2O. The first-order valence-corrected chi connectivity index (χ1v) is 5.89. The SMILES string of the molecule is NC1CCC2(CC1)C(=O)Nc1ccccc12. The summed E-state index contributed by atoms with van der Waals surface area (Å²) in [6, 6.07) is 8.30. The zero-order valence-electron chi connectivity index (χ0n) is 9.20. The molecular weight excluding hydrogens is 200 g/mol. The highest BCUT2D eigenvalue weighted by atomic mass is 16.2. The summed E-state index contributed by atoms with van der Waals surface area (Å²) in [5.74, 6) is 0.167. The monoisotopic (exact) mass is 216 g/mol. The van der Waals surface area contributed by atoms with Gasteiger partial charge in [-0.2, -0.15) is 0 Å². The molecule has 0 aromatic heterocycles. The standard InChI is InChI=1S/C13H16N2O/c14-9-5-7-13(8-6-9)10-3-1-2-4-11(10)15-12(13)16/h1-4,9H,5-8,14H2,(H,15,16). The molecule has 1 amide bonds. The van der Waals surface area contributed by atoms with Crippen molar-refractivity contribution in [1.29, 1.82) is 0 Å². The molecule has 1 saturated carbocycles. The van der Waals surface area contributed by atoms with E-state index in [1.165, 1.54) is 5.56 Å². The first-order valence-electron chi connectivity index (χ1n) is 5.89. The number of carbonyl (C=O) groups is 1. The van der Waals surface area contributed by atoms with Gasteiger partial charge in [-0.15, -0.1) is 0 Å². The lowest BCUT2D eigenvalue weighted by Gasteiger charge is -2.34. The highest BCUT2D eigenvalue weighted by molar-refractivity contribution is 6.06. The van der Waals surface area contributed by atoms with Gasteiger partial charge in [0.05, 0.1) is 5.41 Å². The molecule has 84 valence electrons. The number of hydrogen-bond acceptors (Lipinski definition) is 2. The fourth-order valence-electron chi connectivity index (χ4n) is 3.00. The van der Waals surface area contributed by atoms with Crippen LogP contribution in [-0.4, -0.2) is 11.9 Å². The van der Waals surface area contributed by atoms with E-state index in [4.69, 9.17) is 5.73 Å².